The van der Waals surface area contributed by atoms with Gasteiger partial charge in [-0.2, -0.15) is 0 Å². The first-order valence-electron chi connectivity index (χ1n) is 7.15. The fourth-order valence-corrected chi connectivity index (χ4v) is 2.17. The van der Waals surface area contributed by atoms with Crippen LogP contribution in [0.4, 0.5) is 0 Å². The molecule has 0 aromatic heterocycles. The summed E-state index contributed by atoms with van der Waals surface area (Å²) in [5.41, 5.74) is 2.18. The zero-order chi connectivity index (χ0) is 14.6. The summed E-state index contributed by atoms with van der Waals surface area (Å²) in [6.45, 7) is 13.5. The van der Waals surface area contributed by atoms with E-state index in [1.54, 1.807) is 0 Å². The smallest absolute Gasteiger partial charge is 0.179 e. The van der Waals surface area contributed by atoms with Gasteiger partial charge in [0.25, 0.3) is 0 Å². The van der Waals surface area contributed by atoms with E-state index in [0.29, 0.717) is 5.92 Å². The molecular weight excluding hydrogens is 234 g/mol. The minimum absolute atomic E-state index is 0.0921. The molecule has 1 N–H and O–H groups in total. The number of nitrogens with one attached hydrogen (secondary N) is 1. The Morgan fingerprint density at radius 2 is 1.68 bits per heavy atom. The summed E-state index contributed by atoms with van der Waals surface area (Å²) in [7, 11) is 0. The van der Waals surface area contributed by atoms with Crippen LogP contribution >= 0.6 is 0 Å². The van der Waals surface area contributed by atoms with Crippen LogP contribution in [-0.2, 0) is 5.41 Å². The summed E-state index contributed by atoms with van der Waals surface area (Å²) >= 11 is 0. The Morgan fingerprint density at radius 1 is 1.16 bits per heavy atom. The quantitative estimate of drug-likeness (QED) is 0.817. The van der Waals surface area contributed by atoms with Gasteiger partial charge in [-0.1, -0.05) is 65.8 Å². The number of rotatable bonds is 5. The lowest BCUT2D eigenvalue weighted by Gasteiger charge is -2.22. The predicted octanol–water partition coefficient (Wildman–Crippen LogP) is 3.80. The van der Waals surface area contributed by atoms with E-state index in [-0.39, 0.29) is 17.2 Å². The van der Waals surface area contributed by atoms with E-state index >= 15 is 0 Å². The lowest BCUT2D eigenvalue weighted by atomic mass is 9.85. The number of benzene rings is 1. The summed E-state index contributed by atoms with van der Waals surface area (Å²) in [6, 6.07) is 7.95. The number of hydrogen-bond donors (Lipinski definition) is 1. The van der Waals surface area contributed by atoms with Crippen molar-refractivity contribution in [3.05, 3.63) is 35.4 Å². The monoisotopic (exact) mass is 261 g/mol. The molecule has 1 unspecified atom stereocenters. The Morgan fingerprint density at radius 3 is 2.05 bits per heavy atom. The van der Waals surface area contributed by atoms with Crippen LogP contribution in [0, 0.1) is 5.92 Å². The molecule has 1 atom stereocenters. The van der Waals surface area contributed by atoms with Crippen LogP contribution in [-0.4, -0.2) is 18.4 Å². The first-order valence-corrected chi connectivity index (χ1v) is 7.15. The van der Waals surface area contributed by atoms with Crippen molar-refractivity contribution in [2.24, 2.45) is 5.92 Å². The van der Waals surface area contributed by atoms with Gasteiger partial charge in [0.15, 0.2) is 5.78 Å². The van der Waals surface area contributed by atoms with Crippen LogP contribution in [0.2, 0.25) is 0 Å². The average molecular weight is 261 g/mol. The average Bonchev–Trinajstić information content (AvgIpc) is 2.34. The summed E-state index contributed by atoms with van der Waals surface area (Å²) < 4.78 is 0. The maximum Gasteiger partial charge on any atom is 0.179 e. The number of hydrogen-bond acceptors (Lipinski definition) is 2. The van der Waals surface area contributed by atoms with E-state index in [4.69, 9.17) is 0 Å². The van der Waals surface area contributed by atoms with Crippen LogP contribution in [0.5, 0.6) is 0 Å². The minimum Gasteiger partial charge on any atom is -0.307 e. The molecule has 0 aliphatic heterocycles. The third kappa shape index (κ3) is 4.17. The number of Topliss-reactive ketones (excluding diaryl/α,β-unsaturated/α-hetero) is 1. The number of ketones is 1. The molecule has 0 aliphatic carbocycles. The molecular formula is C17H27NO. The Balaban J connectivity index is 2.94. The molecule has 0 amide bonds. The molecule has 0 spiro atoms. The molecule has 2 heteroatoms. The molecule has 0 fully saturated rings. The van der Waals surface area contributed by atoms with E-state index in [1.807, 2.05) is 19.1 Å². The van der Waals surface area contributed by atoms with Crippen molar-refractivity contribution in [3.8, 4) is 0 Å². The first kappa shape index (κ1) is 15.9. The molecule has 0 saturated carbocycles. The molecule has 0 radical (unpaired) electrons. The molecule has 1 aromatic rings. The van der Waals surface area contributed by atoms with Crippen molar-refractivity contribution in [2.75, 3.05) is 6.54 Å². The Labute approximate surface area is 117 Å². The highest BCUT2D eigenvalue weighted by Gasteiger charge is 2.22. The second-order valence-electron chi connectivity index (χ2n) is 6.47. The van der Waals surface area contributed by atoms with Gasteiger partial charge in [-0.3, -0.25) is 4.79 Å². The molecule has 1 rings (SSSR count). The molecule has 0 saturated heterocycles. The van der Waals surface area contributed by atoms with Crippen molar-refractivity contribution < 1.29 is 4.79 Å². The Kier molecular flexibility index (Phi) is 5.30. The molecule has 1 aromatic carbocycles. The van der Waals surface area contributed by atoms with Gasteiger partial charge in [-0.15, -0.1) is 0 Å². The van der Waals surface area contributed by atoms with Gasteiger partial charge in [0.05, 0.1) is 6.04 Å². The predicted molar refractivity (Wildman–Crippen MR) is 81.8 cm³/mol. The molecule has 0 aliphatic rings. The van der Waals surface area contributed by atoms with Gasteiger partial charge >= 0.3 is 0 Å². The normalized spacial score (nSPS) is 13.6. The summed E-state index contributed by atoms with van der Waals surface area (Å²) in [6.07, 6.45) is 0. The van der Waals surface area contributed by atoms with Crippen molar-refractivity contribution in [1.82, 2.24) is 5.32 Å². The largest absolute Gasteiger partial charge is 0.307 e. The molecule has 106 valence electrons. The maximum absolute atomic E-state index is 12.5. The van der Waals surface area contributed by atoms with E-state index in [0.717, 1.165) is 12.1 Å². The summed E-state index contributed by atoms with van der Waals surface area (Å²) in [5.74, 6) is 0.493. The zero-order valence-electron chi connectivity index (χ0n) is 13.1. The second-order valence-corrected chi connectivity index (χ2v) is 6.47. The molecule has 2 nitrogen and oxygen atoms in total. The highest BCUT2D eigenvalue weighted by Crippen LogP contribution is 2.22. The molecule has 0 heterocycles. The van der Waals surface area contributed by atoms with E-state index in [1.165, 1.54) is 5.56 Å². The van der Waals surface area contributed by atoms with Gasteiger partial charge in [0, 0.05) is 5.56 Å². The first-order chi connectivity index (χ1) is 8.77. The van der Waals surface area contributed by atoms with Crippen LogP contribution in [0.3, 0.4) is 0 Å². The number of likely N-dealkylation sites (N-methyl/N-ethyl adjacent to an activating group) is 1. The Bertz CT molecular complexity index is 412. The lowest BCUT2D eigenvalue weighted by Crippen LogP contribution is -2.40. The maximum atomic E-state index is 12.5. The van der Waals surface area contributed by atoms with Crippen molar-refractivity contribution in [2.45, 2.75) is 53.0 Å². The van der Waals surface area contributed by atoms with Crippen molar-refractivity contribution in [1.29, 1.82) is 0 Å². The minimum atomic E-state index is -0.0921. The SMILES string of the molecule is CCNC(C(=O)c1ccc(C(C)(C)C)cc1)C(C)C. The number of carbonyl (C=O) groups is 1. The topological polar surface area (TPSA) is 29.1 Å². The standard InChI is InChI=1S/C17H27NO/c1-7-18-15(12(2)3)16(19)13-8-10-14(11-9-13)17(4,5)6/h8-12,15,18H,7H2,1-6H3. The van der Waals surface area contributed by atoms with Crippen LogP contribution < -0.4 is 5.32 Å². The van der Waals surface area contributed by atoms with Gasteiger partial charge in [-0.25, -0.2) is 0 Å². The van der Waals surface area contributed by atoms with Gasteiger partial charge < -0.3 is 5.32 Å². The van der Waals surface area contributed by atoms with Crippen LogP contribution in [0.1, 0.15) is 57.5 Å². The van der Waals surface area contributed by atoms with Gasteiger partial charge in [-0.05, 0) is 23.4 Å². The van der Waals surface area contributed by atoms with E-state index in [9.17, 15) is 4.79 Å². The fraction of sp³-hybridized carbons (Fsp3) is 0.588. The molecule has 0 bridgehead atoms. The van der Waals surface area contributed by atoms with Crippen LogP contribution in [0.25, 0.3) is 0 Å². The van der Waals surface area contributed by atoms with Crippen molar-refractivity contribution in [3.63, 3.8) is 0 Å². The molecule has 19 heavy (non-hydrogen) atoms. The van der Waals surface area contributed by atoms with Crippen LogP contribution in [0.15, 0.2) is 24.3 Å². The third-order valence-corrected chi connectivity index (χ3v) is 3.41. The lowest BCUT2D eigenvalue weighted by molar-refractivity contribution is 0.0918. The van der Waals surface area contributed by atoms with E-state index in [2.05, 4.69) is 52.1 Å². The van der Waals surface area contributed by atoms with Crippen molar-refractivity contribution >= 4 is 5.78 Å². The van der Waals surface area contributed by atoms with Gasteiger partial charge in [0.1, 0.15) is 0 Å². The highest BCUT2D eigenvalue weighted by atomic mass is 16.1. The van der Waals surface area contributed by atoms with E-state index < -0.39 is 0 Å². The van der Waals surface area contributed by atoms with Gasteiger partial charge in [0.2, 0.25) is 0 Å². The third-order valence-electron chi connectivity index (χ3n) is 3.41. The highest BCUT2D eigenvalue weighted by molar-refractivity contribution is 6.00. The summed E-state index contributed by atoms with van der Waals surface area (Å²) in [4.78, 5) is 12.5. The Hall–Kier alpha value is -1.15. The fourth-order valence-electron chi connectivity index (χ4n) is 2.17. The summed E-state index contributed by atoms with van der Waals surface area (Å²) in [5, 5.41) is 3.28. The zero-order valence-corrected chi connectivity index (χ0v) is 13.1. The number of carbonyl (C=O) groups excluding carboxylic acids is 1. The second kappa shape index (κ2) is 6.33.